The average molecular weight is 550 g/mol. The summed E-state index contributed by atoms with van der Waals surface area (Å²) < 4.78 is 12.8. The molecule has 0 fully saturated rings. The van der Waals surface area contributed by atoms with Gasteiger partial charge in [-0.1, -0.05) is 44.2 Å². The number of esters is 1. The number of hydrogen-bond donors (Lipinski definition) is 2. The van der Waals surface area contributed by atoms with Gasteiger partial charge in [-0.25, -0.2) is 0 Å². The van der Waals surface area contributed by atoms with Crippen molar-refractivity contribution in [3.05, 3.63) is 52.8 Å². The molecule has 1 unspecified atom stereocenters. The highest BCUT2D eigenvalue weighted by molar-refractivity contribution is 7.99. The number of benzene rings is 1. The van der Waals surface area contributed by atoms with Crippen LogP contribution in [0.15, 0.2) is 35.7 Å². The first-order chi connectivity index (χ1) is 17.7. The van der Waals surface area contributed by atoms with Gasteiger partial charge in [0.05, 0.1) is 24.4 Å². The minimum absolute atomic E-state index is 0.0777. The molecule has 0 aliphatic rings. The van der Waals surface area contributed by atoms with E-state index in [0.717, 1.165) is 5.56 Å². The van der Waals surface area contributed by atoms with E-state index in [4.69, 9.17) is 15.2 Å². The monoisotopic (exact) mass is 549 g/mol. The van der Waals surface area contributed by atoms with Crippen molar-refractivity contribution in [2.45, 2.75) is 72.3 Å². The summed E-state index contributed by atoms with van der Waals surface area (Å²) in [6.45, 7) is 9.67. The Morgan fingerprint density at radius 2 is 1.81 bits per heavy atom. The number of nitrogens with one attached hydrogen (secondary N) is 1. The summed E-state index contributed by atoms with van der Waals surface area (Å²) in [4.78, 5) is 24.4. The van der Waals surface area contributed by atoms with Gasteiger partial charge in [0.1, 0.15) is 12.6 Å². The van der Waals surface area contributed by atoms with E-state index in [1.807, 2.05) is 35.7 Å². The first-order valence-electron chi connectivity index (χ1n) is 12.4. The van der Waals surface area contributed by atoms with Crippen molar-refractivity contribution in [1.82, 2.24) is 19.9 Å². The summed E-state index contributed by atoms with van der Waals surface area (Å²) >= 11 is 3.42. The van der Waals surface area contributed by atoms with E-state index in [1.54, 1.807) is 18.2 Å². The molecule has 204 valence electrons. The molecule has 37 heavy (non-hydrogen) atoms. The quantitative estimate of drug-likeness (QED) is 0.236. The molecule has 9 nitrogen and oxygen atoms in total. The van der Waals surface area contributed by atoms with E-state index in [0.29, 0.717) is 23.1 Å². The van der Waals surface area contributed by atoms with E-state index in [2.05, 4.69) is 41.1 Å². The highest BCUT2D eigenvalue weighted by atomic mass is 32.2. The van der Waals surface area contributed by atoms with Crippen molar-refractivity contribution >= 4 is 39.9 Å². The van der Waals surface area contributed by atoms with Gasteiger partial charge in [-0.05, 0) is 43.8 Å². The summed E-state index contributed by atoms with van der Waals surface area (Å²) in [5.74, 6) is 2.44. The Morgan fingerprint density at radius 3 is 2.41 bits per heavy atom. The van der Waals surface area contributed by atoms with E-state index >= 15 is 0 Å². The van der Waals surface area contributed by atoms with Crippen LogP contribution in [-0.2, 0) is 32.3 Å². The van der Waals surface area contributed by atoms with E-state index in [1.165, 1.54) is 42.6 Å². The number of carbonyl (C=O) groups is 2. The molecule has 1 amide bonds. The topological polar surface area (TPSA) is 121 Å². The average Bonchev–Trinajstić information content (AvgIpc) is 3.45. The molecule has 0 radical (unpaired) electrons. The first-order valence-corrected chi connectivity index (χ1v) is 14.4. The summed E-state index contributed by atoms with van der Waals surface area (Å²) in [5, 5.41) is 13.2. The molecule has 0 aliphatic heterocycles. The van der Waals surface area contributed by atoms with Crippen LogP contribution in [0.2, 0.25) is 0 Å². The maximum absolute atomic E-state index is 12.6. The first kappa shape index (κ1) is 30.8. The van der Waals surface area contributed by atoms with Crippen LogP contribution >= 0.6 is 23.1 Å². The minimum Gasteiger partial charge on any atom is -0.459 e. The number of hydrogen-bond acceptors (Lipinski definition) is 9. The van der Waals surface area contributed by atoms with Crippen molar-refractivity contribution in [2.75, 3.05) is 18.1 Å². The number of carbonyl (C=O) groups excluding carboxylic acids is 2. The van der Waals surface area contributed by atoms with Crippen molar-refractivity contribution < 1.29 is 19.1 Å². The van der Waals surface area contributed by atoms with Gasteiger partial charge in [0.15, 0.2) is 5.82 Å². The molecule has 3 N–H and O–H groups in total. The Balaban J connectivity index is 0.000000604. The number of nitrogens with two attached hydrogens (primary N) is 1. The number of thioether (sulfide) groups is 1. The lowest BCUT2D eigenvalue weighted by molar-refractivity contribution is -0.142. The van der Waals surface area contributed by atoms with E-state index in [-0.39, 0.29) is 25.1 Å². The Hall–Kier alpha value is -2.47. The number of ether oxygens (including phenoxy) is 2. The van der Waals surface area contributed by atoms with E-state index < -0.39 is 11.6 Å². The Labute approximate surface area is 227 Å². The molecule has 11 heteroatoms. The standard InChI is InChI=1S/C20H25N5O4S.C6H14S/c1-13(26)29-10-15-12-30-19-24-23-17(25(15)19)16(22-18(27)20(2,3)21)11-28-9-14-7-5-4-6-8-14;1-3-5-7-6-4-2/h4-8,12,16H,9-11,21H2,1-3H3,(H,22,27);3-6H2,1-2H3. The Bertz CT molecular complexity index is 1090. The zero-order chi connectivity index (χ0) is 27.3. The third kappa shape index (κ3) is 10.4. The molecule has 2 heterocycles. The van der Waals surface area contributed by atoms with Gasteiger partial charge in [0.2, 0.25) is 10.9 Å². The third-order valence-corrected chi connectivity index (χ3v) is 7.22. The smallest absolute Gasteiger partial charge is 0.303 e. The van der Waals surface area contributed by atoms with Crippen LogP contribution in [0.5, 0.6) is 0 Å². The van der Waals surface area contributed by atoms with Crippen molar-refractivity contribution in [3.8, 4) is 0 Å². The number of thiazole rings is 1. The highest BCUT2D eigenvalue weighted by Crippen LogP contribution is 2.22. The highest BCUT2D eigenvalue weighted by Gasteiger charge is 2.29. The molecule has 0 spiro atoms. The predicted molar refractivity (Wildman–Crippen MR) is 149 cm³/mol. The lowest BCUT2D eigenvalue weighted by Crippen LogP contribution is -2.51. The molecular weight excluding hydrogens is 510 g/mol. The second kappa shape index (κ2) is 15.7. The van der Waals surface area contributed by atoms with Crippen LogP contribution in [0, 0.1) is 0 Å². The number of aromatic nitrogens is 3. The van der Waals surface area contributed by atoms with Crippen LogP contribution in [0.4, 0.5) is 0 Å². The lowest BCUT2D eigenvalue weighted by Gasteiger charge is -2.23. The minimum atomic E-state index is -1.07. The molecule has 1 aromatic carbocycles. The van der Waals surface area contributed by atoms with Crippen LogP contribution in [0.3, 0.4) is 0 Å². The fourth-order valence-corrected chi connectivity index (χ4v) is 4.69. The molecule has 3 aromatic rings. The number of nitrogens with zero attached hydrogens (tertiary/aromatic N) is 3. The van der Waals surface area contributed by atoms with Crippen molar-refractivity contribution in [3.63, 3.8) is 0 Å². The van der Waals surface area contributed by atoms with Crippen LogP contribution in [0.1, 0.15) is 70.6 Å². The molecule has 3 rings (SSSR count). The van der Waals surface area contributed by atoms with Crippen LogP contribution in [0.25, 0.3) is 4.96 Å². The summed E-state index contributed by atoms with van der Waals surface area (Å²) in [6.07, 6.45) is 2.65. The van der Waals surface area contributed by atoms with Crippen LogP contribution < -0.4 is 11.1 Å². The maximum Gasteiger partial charge on any atom is 0.303 e. The third-order valence-electron chi connectivity index (χ3n) is 4.96. The second-order valence-electron chi connectivity index (χ2n) is 9.04. The molecule has 0 saturated heterocycles. The van der Waals surface area contributed by atoms with Gasteiger partial charge in [-0.15, -0.1) is 21.5 Å². The van der Waals surface area contributed by atoms with Gasteiger partial charge in [-0.3, -0.25) is 14.0 Å². The maximum atomic E-state index is 12.6. The molecule has 1 atom stereocenters. The fraction of sp³-hybridized carbons (Fsp3) is 0.538. The zero-order valence-electron chi connectivity index (χ0n) is 22.4. The van der Waals surface area contributed by atoms with Crippen molar-refractivity contribution in [1.29, 1.82) is 0 Å². The summed E-state index contributed by atoms with van der Waals surface area (Å²) in [7, 11) is 0. The predicted octanol–water partition coefficient (Wildman–Crippen LogP) is 4.50. The fourth-order valence-electron chi connectivity index (χ4n) is 3.09. The van der Waals surface area contributed by atoms with Crippen LogP contribution in [-0.4, -0.2) is 50.1 Å². The normalized spacial score (nSPS) is 12.1. The molecule has 0 saturated carbocycles. The SMILES string of the molecule is CC(=O)OCc1csc2nnc(C(COCc3ccccc3)NC(=O)C(C)(C)N)n12.CCCSCCC. The zero-order valence-corrected chi connectivity index (χ0v) is 24.0. The van der Waals surface area contributed by atoms with Gasteiger partial charge in [-0.2, -0.15) is 11.8 Å². The number of rotatable bonds is 13. The summed E-state index contributed by atoms with van der Waals surface area (Å²) in [6, 6.07) is 9.13. The molecule has 2 aromatic heterocycles. The number of fused-ring (bicyclic) bond motifs is 1. The Morgan fingerprint density at radius 1 is 1.14 bits per heavy atom. The van der Waals surface area contributed by atoms with E-state index in [9.17, 15) is 9.59 Å². The van der Waals surface area contributed by atoms with Gasteiger partial charge >= 0.3 is 5.97 Å². The number of amides is 1. The second-order valence-corrected chi connectivity index (χ2v) is 11.1. The lowest BCUT2D eigenvalue weighted by atomic mass is 10.1. The van der Waals surface area contributed by atoms with Gasteiger partial charge < -0.3 is 20.5 Å². The molecule has 0 aliphatic carbocycles. The van der Waals surface area contributed by atoms with Gasteiger partial charge in [0, 0.05) is 12.3 Å². The van der Waals surface area contributed by atoms with Crippen molar-refractivity contribution in [2.24, 2.45) is 5.73 Å². The molecular formula is C26H39N5O4S2. The Kier molecular flexibility index (Phi) is 13.1. The summed E-state index contributed by atoms with van der Waals surface area (Å²) in [5.41, 5.74) is 6.60. The van der Waals surface area contributed by atoms with Gasteiger partial charge in [0.25, 0.3) is 0 Å². The molecule has 0 bridgehead atoms. The largest absolute Gasteiger partial charge is 0.459 e.